The van der Waals surface area contributed by atoms with Crippen molar-refractivity contribution in [1.29, 1.82) is 0 Å². The van der Waals surface area contributed by atoms with Crippen LogP contribution >= 0.6 is 0 Å². The van der Waals surface area contributed by atoms with Crippen molar-refractivity contribution >= 4 is 17.0 Å². The van der Waals surface area contributed by atoms with Crippen LogP contribution in [0, 0.1) is 31.1 Å². The molecule has 0 N–H and O–H groups in total. The van der Waals surface area contributed by atoms with E-state index in [4.69, 9.17) is 6.42 Å². The maximum Gasteiger partial charge on any atom is 0.0928 e. The molecule has 1 heterocycles. The molecule has 0 fully saturated rings. The lowest BCUT2D eigenvalue weighted by atomic mass is 9.93. The smallest absolute Gasteiger partial charge is 0.0928 e. The lowest BCUT2D eigenvalue weighted by Gasteiger charge is -2.20. The molecule has 1 atom stereocenters. The first-order valence-corrected chi connectivity index (χ1v) is 8.73. The first kappa shape index (κ1) is 17.4. The first-order valence-electron chi connectivity index (χ1n) is 8.73. The highest BCUT2D eigenvalue weighted by Gasteiger charge is 2.16. The molecule has 2 aromatic rings. The number of nitrogens with zero attached hydrogens (tertiary/aromatic N) is 1. The van der Waals surface area contributed by atoms with Gasteiger partial charge in [-0.1, -0.05) is 51.8 Å². The van der Waals surface area contributed by atoms with Gasteiger partial charge in [-0.05, 0) is 54.9 Å². The molecule has 0 aliphatic carbocycles. The van der Waals surface area contributed by atoms with E-state index < -0.39 is 0 Å². The monoisotopic (exact) mass is 307 g/mol. The Morgan fingerprint density at radius 1 is 1.35 bits per heavy atom. The summed E-state index contributed by atoms with van der Waals surface area (Å²) < 4.78 is 2.35. The summed E-state index contributed by atoms with van der Waals surface area (Å²) in [6.07, 6.45) is 11.4. The summed E-state index contributed by atoms with van der Waals surface area (Å²) in [5.74, 6) is 4.29. The van der Waals surface area contributed by atoms with Gasteiger partial charge in [-0.25, -0.2) is 0 Å². The van der Waals surface area contributed by atoms with Crippen molar-refractivity contribution in [3.63, 3.8) is 0 Å². The molecular formula is C22H29N. The molecule has 0 amide bonds. The van der Waals surface area contributed by atoms with Gasteiger partial charge in [0.05, 0.1) is 5.69 Å². The van der Waals surface area contributed by atoms with Crippen molar-refractivity contribution in [2.45, 2.75) is 53.5 Å². The average Bonchev–Trinajstić information content (AvgIpc) is 2.86. The third-order valence-corrected chi connectivity index (χ3v) is 4.71. The minimum absolute atomic E-state index is 0.682. The molecule has 1 unspecified atom stereocenters. The highest BCUT2D eigenvalue weighted by Crippen LogP contribution is 2.29. The topological polar surface area (TPSA) is 4.93 Å². The molecule has 0 radical (unpaired) electrons. The van der Waals surface area contributed by atoms with Crippen LogP contribution in [0.4, 0.5) is 0 Å². The van der Waals surface area contributed by atoms with Crippen LogP contribution in [0.1, 0.15) is 56.9 Å². The number of benzene rings is 1. The largest absolute Gasteiger partial charge is 0.334 e. The summed E-state index contributed by atoms with van der Waals surface area (Å²) in [4.78, 5) is 0. The second-order valence-corrected chi connectivity index (χ2v) is 6.99. The van der Waals surface area contributed by atoms with Crippen molar-refractivity contribution in [3.8, 4) is 12.3 Å². The van der Waals surface area contributed by atoms with Gasteiger partial charge in [0.15, 0.2) is 0 Å². The Labute approximate surface area is 141 Å². The lowest BCUT2D eigenvalue weighted by Crippen LogP contribution is -2.14. The molecule has 23 heavy (non-hydrogen) atoms. The molecule has 0 spiro atoms. The maximum atomic E-state index is 5.80. The second kappa shape index (κ2) is 7.55. The summed E-state index contributed by atoms with van der Waals surface area (Å²) in [6, 6.07) is 6.51. The predicted molar refractivity (Wildman–Crippen MR) is 103 cm³/mol. The van der Waals surface area contributed by atoms with Crippen LogP contribution in [0.2, 0.25) is 0 Å². The van der Waals surface area contributed by atoms with Crippen LogP contribution < -0.4 is 0 Å². The molecule has 1 aromatic heterocycles. The van der Waals surface area contributed by atoms with Crippen LogP contribution in [0.15, 0.2) is 24.8 Å². The second-order valence-electron chi connectivity index (χ2n) is 6.99. The number of aryl methyl sites for hydroxylation is 1. The van der Waals surface area contributed by atoms with Gasteiger partial charge in [-0.15, -0.1) is 6.42 Å². The Bertz CT molecular complexity index is 724. The molecule has 0 aliphatic heterocycles. The Morgan fingerprint density at radius 3 is 2.65 bits per heavy atom. The molecule has 0 saturated carbocycles. The number of rotatable bonds is 7. The van der Waals surface area contributed by atoms with Crippen molar-refractivity contribution < 1.29 is 0 Å². The zero-order valence-corrected chi connectivity index (χ0v) is 15.0. The fourth-order valence-electron chi connectivity index (χ4n) is 3.65. The summed E-state index contributed by atoms with van der Waals surface area (Å²) in [5, 5.41) is 1.26. The zero-order valence-electron chi connectivity index (χ0n) is 15.0. The number of aromatic nitrogens is 1. The summed E-state index contributed by atoms with van der Waals surface area (Å²) in [7, 11) is 0. The first-order chi connectivity index (χ1) is 11.0. The molecule has 0 saturated heterocycles. The molecule has 0 aliphatic rings. The van der Waals surface area contributed by atoms with Crippen molar-refractivity contribution in [1.82, 2.24) is 4.57 Å². The molecule has 122 valence electrons. The number of hydrogen-bond acceptors (Lipinski definition) is 0. The average molecular weight is 307 g/mol. The van der Waals surface area contributed by atoms with E-state index in [9.17, 15) is 0 Å². The number of terminal acetylenes is 1. The third-order valence-electron chi connectivity index (χ3n) is 4.71. The van der Waals surface area contributed by atoms with E-state index in [-0.39, 0.29) is 0 Å². The van der Waals surface area contributed by atoms with E-state index in [1.54, 1.807) is 0 Å². The van der Waals surface area contributed by atoms with Gasteiger partial charge in [0.25, 0.3) is 0 Å². The van der Waals surface area contributed by atoms with Gasteiger partial charge in [0.1, 0.15) is 0 Å². The van der Waals surface area contributed by atoms with E-state index in [0.29, 0.717) is 5.92 Å². The highest BCUT2D eigenvalue weighted by molar-refractivity contribution is 5.88. The van der Waals surface area contributed by atoms with E-state index in [1.165, 1.54) is 41.3 Å². The summed E-state index contributed by atoms with van der Waals surface area (Å²) >= 11 is 0. The maximum absolute atomic E-state index is 5.80. The van der Waals surface area contributed by atoms with Gasteiger partial charge < -0.3 is 4.57 Å². The Balaban J connectivity index is 2.48. The lowest BCUT2D eigenvalue weighted by molar-refractivity contribution is 0.342. The van der Waals surface area contributed by atoms with Gasteiger partial charge in [-0.3, -0.25) is 0 Å². The fraction of sp³-hybridized carbons (Fsp3) is 0.455. The Hall–Kier alpha value is -1.94. The quantitative estimate of drug-likeness (QED) is 0.550. The summed E-state index contributed by atoms with van der Waals surface area (Å²) in [6.45, 7) is 14.0. The van der Waals surface area contributed by atoms with Gasteiger partial charge in [-0.2, -0.15) is 0 Å². The minimum Gasteiger partial charge on any atom is -0.334 e. The van der Waals surface area contributed by atoms with Crippen molar-refractivity contribution in [2.24, 2.45) is 11.8 Å². The van der Waals surface area contributed by atoms with E-state index in [2.05, 4.69) is 63.0 Å². The standard InChI is InChI=1S/C22H29N/c1-7-10-18(13-16(4)5)15-23-20(9-3)14-21-17(6)19(8-2)11-12-22(21)23/h3,8,11-12,14,16,18H,2,7,10,13,15H2,1,4-6H3. The molecule has 1 nitrogen and oxygen atoms in total. The van der Waals surface area contributed by atoms with Crippen molar-refractivity contribution in [2.75, 3.05) is 0 Å². The minimum atomic E-state index is 0.682. The predicted octanol–water partition coefficient (Wildman–Crippen LogP) is 6.04. The Morgan fingerprint density at radius 2 is 2.09 bits per heavy atom. The van der Waals surface area contributed by atoms with Gasteiger partial charge in [0.2, 0.25) is 0 Å². The summed E-state index contributed by atoms with van der Waals surface area (Å²) in [5.41, 5.74) is 4.70. The van der Waals surface area contributed by atoms with E-state index >= 15 is 0 Å². The normalized spacial score (nSPS) is 12.5. The number of hydrogen-bond donors (Lipinski definition) is 0. The van der Waals surface area contributed by atoms with Crippen LogP contribution in [0.3, 0.4) is 0 Å². The third kappa shape index (κ3) is 3.70. The highest BCUT2D eigenvalue weighted by atomic mass is 15.0. The van der Waals surface area contributed by atoms with Crippen LogP contribution in [0.5, 0.6) is 0 Å². The molecule has 2 rings (SSSR count). The SMILES string of the molecule is C#Cc1cc2c(C)c(C=C)ccc2n1CC(CCC)CC(C)C. The van der Waals surface area contributed by atoms with Crippen molar-refractivity contribution in [3.05, 3.63) is 41.6 Å². The van der Waals surface area contributed by atoms with Crippen LogP contribution in [-0.4, -0.2) is 4.57 Å². The molecule has 1 heteroatoms. The van der Waals surface area contributed by atoms with Gasteiger partial charge >= 0.3 is 0 Å². The van der Waals surface area contributed by atoms with Crippen LogP contribution in [0.25, 0.3) is 17.0 Å². The Kier molecular flexibility index (Phi) is 5.72. The van der Waals surface area contributed by atoms with Crippen LogP contribution in [-0.2, 0) is 6.54 Å². The molecule has 1 aromatic carbocycles. The molecular weight excluding hydrogens is 278 g/mol. The van der Waals surface area contributed by atoms with Gasteiger partial charge in [0, 0.05) is 17.4 Å². The fourth-order valence-corrected chi connectivity index (χ4v) is 3.65. The number of fused-ring (bicyclic) bond motifs is 1. The van der Waals surface area contributed by atoms with E-state index in [1.807, 2.05) is 6.08 Å². The molecule has 0 bridgehead atoms. The van der Waals surface area contributed by atoms with E-state index in [0.717, 1.165) is 18.2 Å². The zero-order chi connectivity index (χ0) is 17.0.